The van der Waals surface area contributed by atoms with Gasteiger partial charge in [0.25, 0.3) is 0 Å². The first-order valence-corrected chi connectivity index (χ1v) is 8.78. The summed E-state index contributed by atoms with van der Waals surface area (Å²) >= 11 is 5.90. The molecule has 0 unspecified atom stereocenters. The summed E-state index contributed by atoms with van der Waals surface area (Å²) in [7, 11) is 1.69. The molecule has 0 saturated carbocycles. The van der Waals surface area contributed by atoms with Crippen LogP contribution in [0, 0.1) is 0 Å². The van der Waals surface area contributed by atoms with Gasteiger partial charge in [-0.05, 0) is 35.7 Å². The van der Waals surface area contributed by atoms with E-state index in [2.05, 4.69) is 26.7 Å². The van der Waals surface area contributed by atoms with Gasteiger partial charge in [-0.1, -0.05) is 41.9 Å². The van der Waals surface area contributed by atoms with E-state index in [9.17, 15) is 0 Å². The number of methoxy groups -OCH3 is 1. The molecule has 3 rings (SSSR count). The maximum atomic E-state index is 5.90. The van der Waals surface area contributed by atoms with Crippen molar-refractivity contribution in [3.05, 3.63) is 77.1 Å². The number of nitrogens with zero attached hydrogens (tertiary/aromatic N) is 2. The zero-order valence-corrected chi connectivity index (χ0v) is 15.3. The monoisotopic (exact) mass is 368 g/mol. The van der Waals surface area contributed by atoms with E-state index < -0.39 is 0 Å². The topological polar surface area (TPSA) is 59.1 Å². The summed E-state index contributed by atoms with van der Waals surface area (Å²) < 4.78 is 5.38. The van der Waals surface area contributed by atoms with Gasteiger partial charge in [0.05, 0.1) is 7.11 Å². The largest absolute Gasteiger partial charge is 0.496 e. The summed E-state index contributed by atoms with van der Waals surface area (Å²) in [6.45, 7) is 1.43. The van der Waals surface area contributed by atoms with E-state index in [4.69, 9.17) is 16.3 Å². The van der Waals surface area contributed by atoms with E-state index in [0.29, 0.717) is 6.54 Å². The number of halogens is 1. The molecule has 0 atom stereocenters. The number of anilines is 2. The zero-order valence-electron chi connectivity index (χ0n) is 14.6. The van der Waals surface area contributed by atoms with E-state index >= 15 is 0 Å². The van der Waals surface area contributed by atoms with E-state index in [0.717, 1.165) is 46.5 Å². The molecule has 2 aromatic carbocycles. The second-order valence-electron chi connectivity index (χ2n) is 5.76. The van der Waals surface area contributed by atoms with E-state index in [-0.39, 0.29) is 0 Å². The number of aromatic nitrogens is 2. The van der Waals surface area contributed by atoms with Gasteiger partial charge in [-0.15, -0.1) is 0 Å². The van der Waals surface area contributed by atoms with Gasteiger partial charge in [0, 0.05) is 24.2 Å². The number of hydrogen-bond donors (Lipinski definition) is 2. The highest BCUT2D eigenvalue weighted by atomic mass is 35.5. The van der Waals surface area contributed by atoms with Gasteiger partial charge in [0.2, 0.25) is 0 Å². The fourth-order valence-corrected chi connectivity index (χ4v) is 2.71. The lowest BCUT2D eigenvalue weighted by molar-refractivity contribution is 0.410. The third-order valence-corrected chi connectivity index (χ3v) is 4.20. The third-order valence-electron chi connectivity index (χ3n) is 3.95. The molecule has 0 radical (unpaired) electrons. The van der Waals surface area contributed by atoms with Crippen LogP contribution in [0.15, 0.2) is 60.9 Å². The lowest BCUT2D eigenvalue weighted by Crippen LogP contribution is -2.08. The Morgan fingerprint density at radius 1 is 0.962 bits per heavy atom. The summed E-state index contributed by atoms with van der Waals surface area (Å²) in [5.41, 5.74) is 2.30. The first kappa shape index (κ1) is 18.0. The minimum Gasteiger partial charge on any atom is -0.496 e. The Bertz CT molecular complexity index is 839. The highest BCUT2D eigenvalue weighted by molar-refractivity contribution is 6.30. The van der Waals surface area contributed by atoms with Gasteiger partial charge in [0.15, 0.2) is 0 Å². The zero-order chi connectivity index (χ0) is 18.2. The number of benzene rings is 2. The predicted molar refractivity (Wildman–Crippen MR) is 106 cm³/mol. The molecule has 1 aromatic heterocycles. The number of ether oxygens (including phenoxy) is 1. The van der Waals surface area contributed by atoms with Crippen LogP contribution in [0.4, 0.5) is 11.6 Å². The molecular formula is C20H21ClN4O. The average molecular weight is 369 g/mol. The first-order chi connectivity index (χ1) is 12.7. The van der Waals surface area contributed by atoms with Gasteiger partial charge in [0.1, 0.15) is 23.7 Å². The number of nitrogens with one attached hydrogen (secondary N) is 2. The van der Waals surface area contributed by atoms with E-state index in [1.807, 2.05) is 48.5 Å². The minimum atomic E-state index is 0.675. The van der Waals surface area contributed by atoms with Crippen molar-refractivity contribution in [1.82, 2.24) is 9.97 Å². The standard InChI is InChI=1S/C20H21ClN4O/c1-26-18-5-3-2-4-16(18)10-11-22-19-12-20(25-14-24-19)23-13-15-6-8-17(21)9-7-15/h2-9,12,14H,10-11,13H2,1H3,(H2,22,23,24,25). The lowest BCUT2D eigenvalue weighted by atomic mass is 10.1. The molecular weight excluding hydrogens is 348 g/mol. The quantitative estimate of drug-likeness (QED) is 0.617. The van der Waals surface area contributed by atoms with Gasteiger partial charge in [-0.3, -0.25) is 0 Å². The van der Waals surface area contributed by atoms with Crippen molar-refractivity contribution in [3.63, 3.8) is 0 Å². The summed E-state index contributed by atoms with van der Waals surface area (Å²) in [5.74, 6) is 2.46. The minimum absolute atomic E-state index is 0.675. The number of para-hydroxylation sites is 1. The van der Waals surface area contributed by atoms with Crippen molar-refractivity contribution < 1.29 is 4.74 Å². The first-order valence-electron chi connectivity index (χ1n) is 8.41. The molecule has 0 aliphatic carbocycles. The Labute approximate surface area is 158 Å². The molecule has 0 spiro atoms. The Kier molecular flexibility index (Phi) is 6.28. The lowest BCUT2D eigenvalue weighted by Gasteiger charge is -2.10. The molecule has 0 saturated heterocycles. The highest BCUT2D eigenvalue weighted by Crippen LogP contribution is 2.18. The van der Waals surface area contributed by atoms with Crippen molar-refractivity contribution in [2.24, 2.45) is 0 Å². The molecule has 0 aliphatic heterocycles. The van der Waals surface area contributed by atoms with E-state index in [1.54, 1.807) is 13.4 Å². The number of rotatable bonds is 8. The van der Waals surface area contributed by atoms with Gasteiger partial charge in [-0.2, -0.15) is 0 Å². The second-order valence-corrected chi connectivity index (χ2v) is 6.19. The molecule has 5 nitrogen and oxygen atoms in total. The predicted octanol–water partition coefficient (Wildman–Crippen LogP) is 4.41. The molecule has 0 aliphatic rings. The molecule has 3 aromatic rings. The van der Waals surface area contributed by atoms with Crippen LogP contribution in [-0.2, 0) is 13.0 Å². The molecule has 6 heteroatoms. The molecule has 2 N–H and O–H groups in total. The molecule has 0 fully saturated rings. The maximum absolute atomic E-state index is 5.90. The molecule has 1 heterocycles. The van der Waals surface area contributed by atoms with Crippen molar-refractivity contribution in [1.29, 1.82) is 0 Å². The summed E-state index contributed by atoms with van der Waals surface area (Å²) in [5, 5.41) is 7.35. The molecule has 26 heavy (non-hydrogen) atoms. The van der Waals surface area contributed by atoms with Gasteiger partial charge in [-0.25, -0.2) is 9.97 Å². The normalized spacial score (nSPS) is 10.4. The fourth-order valence-electron chi connectivity index (χ4n) is 2.58. The summed E-state index contributed by atoms with van der Waals surface area (Å²) in [6.07, 6.45) is 2.40. The average Bonchev–Trinajstić information content (AvgIpc) is 2.68. The van der Waals surface area contributed by atoms with Crippen LogP contribution in [0.2, 0.25) is 5.02 Å². The summed E-state index contributed by atoms with van der Waals surface area (Å²) in [4.78, 5) is 8.53. The highest BCUT2D eigenvalue weighted by Gasteiger charge is 2.03. The van der Waals surface area contributed by atoms with Crippen LogP contribution in [0.25, 0.3) is 0 Å². The SMILES string of the molecule is COc1ccccc1CCNc1cc(NCc2ccc(Cl)cc2)ncn1. The van der Waals surface area contributed by atoms with Crippen molar-refractivity contribution in [2.45, 2.75) is 13.0 Å². The number of hydrogen-bond acceptors (Lipinski definition) is 5. The van der Waals surface area contributed by atoms with E-state index in [1.165, 1.54) is 0 Å². The smallest absolute Gasteiger partial charge is 0.131 e. The maximum Gasteiger partial charge on any atom is 0.131 e. The van der Waals surface area contributed by atoms with Crippen LogP contribution < -0.4 is 15.4 Å². The Morgan fingerprint density at radius 2 is 1.69 bits per heavy atom. The Hall–Kier alpha value is -2.79. The van der Waals surface area contributed by atoms with Crippen LogP contribution in [0.3, 0.4) is 0 Å². The molecule has 0 amide bonds. The van der Waals surface area contributed by atoms with Crippen molar-refractivity contribution in [3.8, 4) is 5.75 Å². The van der Waals surface area contributed by atoms with Crippen LogP contribution in [0.5, 0.6) is 5.75 Å². The van der Waals surface area contributed by atoms with Crippen LogP contribution >= 0.6 is 11.6 Å². The third kappa shape index (κ3) is 5.10. The second kappa shape index (κ2) is 9.06. The van der Waals surface area contributed by atoms with Gasteiger partial charge >= 0.3 is 0 Å². The van der Waals surface area contributed by atoms with Crippen LogP contribution in [0.1, 0.15) is 11.1 Å². The van der Waals surface area contributed by atoms with Crippen molar-refractivity contribution >= 4 is 23.2 Å². The Balaban J connectivity index is 1.53. The van der Waals surface area contributed by atoms with Crippen molar-refractivity contribution in [2.75, 3.05) is 24.3 Å². The summed E-state index contributed by atoms with van der Waals surface area (Å²) in [6, 6.07) is 17.7. The van der Waals surface area contributed by atoms with Crippen LogP contribution in [-0.4, -0.2) is 23.6 Å². The molecule has 0 bridgehead atoms. The fraction of sp³-hybridized carbons (Fsp3) is 0.200. The Morgan fingerprint density at radius 3 is 2.46 bits per heavy atom. The van der Waals surface area contributed by atoms with Gasteiger partial charge < -0.3 is 15.4 Å². The molecule has 134 valence electrons.